The molecule has 0 bridgehead atoms. The van der Waals surface area contributed by atoms with E-state index in [1.807, 2.05) is 0 Å². The minimum atomic E-state index is -1.13. The van der Waals surface area contributed by atoms with E-state index in [0.29, 0.717) is 34.8 Å². The topological polar surface area (TPSA) is 103 Å². The van der Waals surface area contributed by atoms with Crippen LogP contribution in [0.5, 0.6) is 5.88 Å². The van der Waals surface area contributed by atoms with E-state index in [1.165, 1.54) is 19.6 Å². The summed E-state index contributed by atoms with van der Waals surface area (Å²) in [5.74, 6) is -0.681. The average molecular weight is 334 g/mol. The minimum Gasteiger partial charge on any atom is -0.481 e. The maximum Gasteiger partial charge on any atom is 0.338 e. The summed E-state index contributed by atoms with van der Waals surface area (Å²) in [7, 11) is 1.52. The van der Waals surface area contributed by atoms with Crippen molar-refractivity contribution < 1.29 is 14.6 Å². The van der Waals surface area contributed by atoms with E-state index in [-0.39, 0.29) is 10.6 Å². The summed E-state index contributed by atoms with van der Waals surface area (Å²) in [6.45, 7) is 2.08. The first kappa shape index (κ1) is 15.2. The lowest BCUT2D eigenvalue weighted by atomic mass is 10.2. The Morgan fingerprint density at radius 2 is 2.17 bits per heavy atom. The Labute approximate surface area is 135 Å². The monoisotopic (exact) mass is 333 g/mol. The second-order valence-electron chi connectivity index (χ2n) is 4.78. The van der Waals surface area contributed by atoms with Crippen molar-refractivity contribution in [1.82, 2.24) is 24.7 Å². The minimum absolute atomic E-state index is 0.0504. The van der Waals surface area contributed by atoms with Crippen LogP contribution in [0.3, 0.4) is 0 Å². The Morgan fingerprint density at radius 1 is 1.39 bits per heavy atom. The zero-order chi connectivity index (χ0) is 16.6. The highest BCUT2D eigenvalue weighted by Gasteiger charge is 2.19. The van der Waals surface area contributed by atoms with E-state index in [2.05, 4.69) is 20.1 Å². The molecular formula is C14H12ClN5O3. The Bertz CT molecular complexity index is 909. The number of aryl methyl sites for hydroxylation is 1. The summed E-state index contributed by atoms with van der Waals surface area (Å²) >= 11 is 6.19. The quantitative estimate of drug-likeness (QED) is 0.778. The number of halogens is 1. The van der Waals surface area contributed by atoms with Gasteiger partial charge in [0.15, 0.2) is 5.65 Å². The smallest absolute Gasteiger partial charge is 0.338 e. The molecule has 0 atom stereocenters. The van der Waals surface area contributed by atoms with Crippen molar-refractivity contribution in [1.29, 1.82) is 0 Å². The predicted octanol–water partition coefficient (Wildman–Crippen LogP) is 1.94. The number of nitrogens with zero attached hydrogens (tertiary/aromatic N) is 5. The van der Waals surface area contributed by atoms with Gasteiger partial charge in [-0.3, -0.25) is 0 Å². The molecule has 0 fully saturated rings. The van der Waals surface area contributed by atoms with Crippen LogP contribution in [0.2, 0.25) is 5.02 Å². The molecule has 0 saturated heterocycles. The van der Waals surface area contributed by atoms with Crippen LogP contribution in [0.4, 0.5) is 0 Å². The molecule has 0 aliphatic heterocycles. The highest BCUT2D eigenvalue weighted by Crippen LogP contribution is 2.28. The number of pyridine rings is 1. The third-order valence-electron chi connectivity index (χ3n) is 3.32. The van der Waals surface area contributed by atoms with Crippen molar-refractivity contribution in [3.05, 3.63) is 40.6 Å². The summed E-state index contributed by atoms with van der Waals surface area (Å²) in [5, 5.41) is 14.2. The van der Waals surface area contributed by atoms with E-state index in [9.17, 15) is 4.79 Å². The first-order valence-corrected chi connectivity index (χ1v) is 6.99. The molecule has 0 amide bonds. The van der Waals surface area contributed by atoms with Gasteiger partial charge in [0, 0.05) is 12.3 Å². The lowest BCUT2D eigenvalue weighted by molar-refractivity contribution is 0.0697. The number of hydrogen-bond donors (Lipinski definition) is 1. The van der Waals surface area contributed by atoms with Crippen LogP contribution in [0, 0.1) is 6.92 Å². The number of carboxylic acids is 1. The fourth-order valence-electron chi connectivity index (χ4n) is 2.26. The van der Waals surface area contributed by atoms with Gasteiger partial charge in [-0.05, 0) is 6.92 Å². The summed E-state index contributed by atoms with van der Waals surface area (Å²) in [6.07, 6.45) is 2.63. The Morgan fingerprint density at radius 3 is 2.87 bits per heavy atom. The van der Waals surface area contributed by atoms with Crippen LogP contribution in [0.15, 0.2) is 18.6 Å². The average Bonchev–Trinajstić information content (AvgIpc) is 2.84. The van der Waals surface area contributed by atoms with Gasteiger partial charge in [-0.25, -0.2) is 24.4 Å². The molecule has 0 aliphatic carbocycles. The zero-order valence-corrected chi connectivity index (χ0v) is 13.1. The third kappa shape index (κ3) is 2.68. The molecule has 0 radical (unpaired) electrons. The van der Waals surface area contributed by atoms with Crippen LogP contribution >= 0.6 is 11.6 Å². The third-order valence-corrected chi connectivity index (χ3v) is 3.72. The van der Waals surface area contributed by atoms with Gasteiger partial charge in [-0.15, -0.1) is 0 Å². The number of aromatic nitrogens is 5. The lowest BCUT2D eigenvalue weighted by Gasteiger charge is -2.05. The zero-order valence-electron chi connectivity index (χ0n) is 12.3. The summed E-state index contributed by atoms with van der Waals surface area (Å²) in [5.41, 5.74) is 1.73. The van der Waals surface area contributed by atoms with Gasteiger partial charge in [-0.1, -0.05) is 11.6 Å². The molecule has 3 heterocycles. The molecule has 8 nitrogen and oxygen atoms in total. The fraction of sp³-hybridized carbons (Fsp3) is 0.214. The molecule has 118 valence electrons. The molecular weight excluding hydrogens is 322 g/mol. The van der Waals surface area contributed by atoms with Gasteiger partial charge in [0.1, 0.15) is 6.33 Å². The van der Waals surface area contributed by atoms with E-state index in [0.717, 1.165) is 0 Å². The van der Waals surface area contributed by atoms with Crippen LogP contribution in [0.25, 0.3) is 11.0 Å². The highest BCUT2D eigenvalue weighted by molar-refractivity contribution is 6.38. The molecule has 3 rings (SSSR count). The number of ether oxygens (including phenoxy) is 1. The molecule has 3 aromatic heterocycles. The molecule has 0 unspecified atom stereocenters. The van der Waals surface area contributed by atoms with Crippen molar-refractivity contribution in [2.24, 2.45) is 0 Å². The summed E-state index contributed by atoms with van der Waals surface area (Å²) in [4.78, 5) is 23.5. The molecule has 1 N–H and O–H groups in total. The molecule has 0 spiro atoms. The molecule has 23 heavy (non-hydrogen) atoms. The van der Waals surface area contributed by atoms with Gasteiger partial charge < -0.3 is 9.84 Å². The van der Waals surface area contributed by atoms with E-state index in [4.69, 9.17) is 21.4 Å². The van der Waals surface area contributed by atoms with E-state index in [1.54, 1.807) is 17.7 Å². The van der Waals surface area contributed by atoms with Gasteiger partial charge in [0.2, 0.25) is 5.88 Å². The maximum atomic E-state index is 11.2. The van der Waals surface area contributed by atoms with Crippen LogP contribution in [-0.4, -0.2) is 42.9 Å². The largest absolute Gasteiger partial charge is 0.481 e. The van der Waals surface area contributed by atoms with E-state index >= 15 is 0 Å². The molecule has 0 saturated carbocycles. The number of rotatable bonds is 4. The van der Waals surface area contributed by atoms with Crippen molar-refractivity contribution in [2.45, 2.75) is 13.5 Å². The second kappa shape index (κ2) is 5.81. The number of carbonyl (C=O) groups is 1. The number of hydrogen-bond acceptors (Lipinski definition) is 6. The summed E-state index contributed by atoms with van der Waals surface area (Å²) < 4.78 is 6.68. The van der Waals surface area contributed by atoms with Gasteiger partial charge in [0.05, 0.1) is 41.0 Å². The molecule has 0 aromatic carbocycles. The Balaban J connectivity index is 2.08. The number of fused-ring (bicyclic) bond motifs is 1. The van der Waals surface area contributed by atoms with Crippen LogP contribution in [0.1, 0.15) is 21.7 Å². The standard InChI is InChI=1S/C14H12ClN5O3/c1-7-11-12(15)9(14(21)22)4-16-13(11)20(19-7)5-8-3-10(23-2)18-6-17-8/h3-4,6H,5H2,1-2H3,(H,21,22). The van der Waals surface area contributed by atoms with Gasteiger partial charge in [-0.2, -0.15) is 5.10 Å². The van der Waals surface area contributed by atoms with Crippen LogP contribution < -0.4 is 4.74 Å². The SMILES string of the molecule is COc1cc(Cn2nc(C)c3c(Cl)c(C(=O)O)cnc32)ncn1. The summed E-state index contributed by atoms with van der Waals surface area (Å²) in [6, 6.07) is 1.69. The number of methoxy groups -OCH3 is 1. The lowest BCUT2D eigenvalue weighted by Crippen LogP contribution is -2.06. The van der Waals surface area contributed by atoms with Crippen molar-refractivity contribution >= 4 is 28.6 Å². The first-order chi connectivity index (χ1) is 11.0. The normalized spacial score (nSPS) is 10.9. The van der Waals surface area contributed by atoms with Crippen molar-refractivity contribution in [2.75, 3.05) is 7.11 Å². The molecule has 0 aliphatic rings. The Hall–Kier alpha value is -2.74. The predicted molar refractivity (Wildman–Crippen MR) is 81.9 cm³/mol. The van der Waals surface area contributed by atoms with E-state index < -0.39 is 5.97 Å². The molecule has 9 heteroatoms. The van der Waals surface area contributed by atoms with Gasteiger partial charge >= 0.3 is 5.97 Å². The fourth-order valence-corrected chi connectivity index (χ4v) is 2.61. The van der Waals surface area contributed by atoms with Gasteiger partial charge in [0.25, 0.3) is 0 Å². The molecule has 3 aromatic rings. The van der Waals surface area contributed by atoms with Crippen LogP contribution in [-0.2, 0) is 6.54 Å². The Kier molecular flexibility index (Phi) is 3.83. The maximum absolute atomic E-state index is 11.2. The second-order valence-corrected chi connectivity index (χ2v) is 5.16. The van der Waals surface area contributed by atoms with Crippen molar-refractivity contribution in [3.8, 4) is 5.88 Å². The number of aromatic carboxylic acids is 1. The first-order valence-electron chi connectivity index (χ1n) is 6.61. The number of carboxylic acid groups (broad SMARTS) is 1. The van der Waals surface area contributed by atoms with Crippen molar-refractivity contribution in [3.63, 3.8) is 0 Å². The highest BCUT2D eigenvalue weighted by atomic mass is 35.5.